The minimum absolute atomic E-state index is 0.0798. The maximum atomic E-state index is 12.8. The topological polar surface area (TPSA) is 37.9 Å². The molecule has 0 heterocycles. The highest BCUT2D eigenvalue weighted by Crippen LogP contribution is 2.10. The summed E-state index contributed by atoms with van der Waals surface area (Å²) >= 11 is 0. The van der Waals surface area contributed by atoms with Crippen LogP contribution in [0.4, 0.5) is 4.39 Å². The molecule has 0 fully saturated rings. The highest BCUT2D eigenvalue weighted by atomic mass is 19.1. The van der Waals surface area contributed by atoms with E-state index in [1.807, 2.05) is 0 Å². The molecule has 62 valence electrons. The number of hydrogen-bond acceptors (Lipinski definition) is 1. The molecule has 0 aliphatic carbocycles. The molecule has 0 saturated heterocycles. The average Bonchev–Trinajstić information content (AvgIpc) is 2.09. The molecular formula is C9H8FN2-. The first-order chi connectivity index (χ1) is 5.77. The minimum atomic E-state index is -0.475. The molecule has 1 rings (SSSR count). The van der Waals surface area contributed by atoms with Gasteiger partial charge in [0.15, 0.2) is 0 Å². The molecule has 0 saturated carbocycles. The molecule has 0 amide bonds. The zero-order valence-electron chi connectivity index (χ0n) is 6.71. The molecule has 0 aliphatic rings. The van der Waals surface area contributed by atoms with Crippen LogP contribution in [0.1, 0.15) is 11.1 Å². The van der Waals surface area contributed by atoms with Crippen LogP contribution in [0.3, 0.4) is 0 Å². The van der Waals surface area contributed by atoms with E-state index in [9.17, 15) is 4.39 Å². The molecule has 0 unspecified atom stereocenters. The number of halogens is 1. The van der Waals surface area contributed by atoms with E-state index in [0.717, 1.165) is 5.56 Å². The Bertz CT molecular complexity index is 315. The van der Waals surface area contributed by atoms with Crippen molar-refractivity contribution >= 4 is 0 Å². The number of nitrogens with zero attached hydrogens (tertiary/aromatic N) is 2. The van der Waals surface area contributed by atoms with Crippen molar-refractivity contribution in [3.63, 3.8) is 0 Å². The third-order valence-corrected chi connectivity index (χ3v) is 1.49. The van der Waals surface area contributed by atoms with Gasteiger partial charge in [-0.2, -0.15) is 12.3 Å². The van der Waals surface area contributed by atoms with E-state index in [0.29, 0.717) is 6.54 Å². The van der Waals surface area contributed by atoms with Gasteiger partial charge >= 0.3 is 0 Å². The zero-order valence-corrected chi connectivity index (χ0v) is 6.71. The average molecular weight is 163 g/mol. The van der Waals surface area contributed by atoms with Gasteiger partial charge in [0, 0.05) is 0 Å². The minimum Gasteiger partial charge on any atom is -0.661 e. The van der Waals surface area contributed by atoms with Gasteiger partial charge in [0.2, 0.25) is 0 Å². The fraction of sp³-hybridized carbons (Fsp3) is 0.222. The van der Waals surface area contributed by atoms with Crippen molar-refractivity contribution in [3.8, 4) is 6.07 Å². The number of rotatable bonds is 2. The summed E-state index contributed by atoms with van der Waals surface area (Å²) in [6, 6.07) is 6.21. The Morgan fingerprint density at radius 1 is 1.58 bits per heavy atom. The van der Waals surface area contributed by atoms with Gasteiger partial charge in [-0.25, -0.2) is 4.39 Å². The Balaban J connectivity index is 2.99. The zero-order chi connectivity index (χ0) is 8.97. The molecule has 3 heteroatoms. The Morgan fingerprint density at radius 3 is 2.92 bits per heavy atom. The second kappa shape index (κ2) is 3.84. The van der Waals surface area contributed by atoms with Crippen molar-refractivity contribution in [1.29, 1.82) is 5.26 Å². The Kier molecular flexibility index (Phi) is 2.78. The number of hydrogen-bond donors (Lipinski definition) is 0. The lowest BCUT2D eigenvalue weighted by Gasteiger charge is -2.10. The summed E-state index contributed by atoms with van der Waals surface area (Å²) in [7, 11) is 1.68. The van der Waals surface area contributed by atoms with Crippen LogP contribution in [0.25, 0.3) is 5.32 Å². The summed E-state index contributed by atoms with van der Waals surface area (Å²) in [4.78, 5) is 0. The molecule has 1 aromatic carbocycles. The summed E-state index contributed by atoms with van der Waals surface area (Å²) in [5, 5.41) is 12.4. The SMILES string of the molecule is C[N-]Cc1ccc(F)c(C#N)c1. The predicted octanol–water partition coefficient (Wildman–Crippen LogP) is 2.20. The highest BCUT2D eigenvalue weighted by molar-refractivity contribution is 5.34. The van der Waals surface area contributed by atoms with Crippen molar-refractivity contribution in [2.24, 2.45) is 0 Å². The van der Waals surface area contributed by atoms with Crippen LogP contribution in [0, 0.1) is 17.1 Å². The van der Waals surface area contributed by atoms with Gasteiger partial charge in [-0.3, -0.25) is 0 Å². The molecule has 0 atom stereocenters. The molecule has 1 aromatic rings. The lowest BCUT2D eigenvalue weighted by atomic mass is 10.1. The van der Waals surface area contributed by atoms with E-state index >= 15 is 0 Å². The molecule has 0 bridgehead atoms. The second-order valence-electron chi connectivity index (χ2n) is 2.40. The van der Waals surface area contributed by atoms with Crippen LogP contribution in [0.5, 0.6) is 0 Å². The van der Waals surface area contributed by atoms with Crippen LogP contribution < -0.4 is 0 Å². The third-order valence-electron chi connectivity index (χ3n) is 1.49. The first-order valence-electron chi connectivity index (χ1n) is 3.52. The van der Waals surface area contributed by atoms with Crippen LogP contribution in [0.2, 0.25) is 0 Å². The van der Waals surface area contributed by atoms with E-state index in [4.69, 9.17) is 5.26 Å². The lowest BCUT2D eigenvalue weighted by molar-refractivity contribution is 0.623. The van der Waals surface area contributed by atoms with Crippen molar-refractivity contribution in [1.82, 2.24) is 0 Å². The first-order valence-corrected chi connectivity index (χ1v) is 3.52. The monoisotopic (exact) mass is 163 g/mol. The molecule has 12 heavy (non-hydrogen) atoms. The molecule has 0 radical (unpaired) electrons. The Labute approximate surface area is 70.6 Å². The van der Waals surface area contributed by atoms with Crippen molar-refractivity contribution < 1.29 is 4.39 Å². The van der Waals surface area contributed by atoms with E-state index < -0.39 is 5.82 Å². The fourth-order valence-corrected chi connectivity index (χ4v) is 0.939. The summed E-state index contributed by atoms with van der Waals surface area (Å²) in [5.74, 6) is -0.475. The van der Waals surface area contributed by atoms with Crippen LogP contribution in [-0.2, 0) is 6.54 Å². The second-order valence-corrected chi connectivity index (χ2v) is 2.40. The molecule has 0 spiro atoms. The molecule has 0 aliphatic heterocycles. The van der Waals surface area contributed by atoms with Gasteiger partial charge in [0.25, 0.3) is 0 Å². The highest BCUT2D eigenvalue weighted by Gasteiger charge is 1.99. The largest absolute Gasteiger partial charge is 0.661 e. The fourth-order valence-electron chi connectivity index (χ4n) is 0.939. The quantitative estimate of drug-likeness (QED) is 0.658. The van der Waals surface area contributed by atoms with Crippen molar-refractivity contribution in [2.45, 2.75) is 6.54 Å². The summed E-state index contributed by atoms with van der Waals surface area (Å²) < 4.78 is 12.8. The van der Waals surface area contributed by atoms with Gasteiger partial charge in [0.1, 0.15) is 11.9 Å². The smallest absolute Gasteiger partial charge is 0.140 e. The Hall–Kier alpha value is -1.40. The van der Waals surface area contributed by atoms with Crippen molar-refractivity contribution in [2.75, 3.05) is 7.05 Å². The normalized spacial score (nSPS) is 9.42. The van der Waals surface area contributed by atoms with Gasteiger partial charge in [-0.15, -0.1) is 6.54 Å². The van der Waals surface area contributed by atoms with Crippen LogP contribution in [0.15, 0.2) is 18.2 Å². The molecule has 2 nitrogen and oxygen atoms in total. The molecular weight excluding hydrogens is 155 g/mol. The van der Waals surface area contributed by atoms with E-state index in [2.05, 4.69) is 5.32 Å². The third kappa shape index (κ3) is 1.80. The standard InChI is InChI=1S/C9H8FN2/c1-12-6-7-2-3-9(10)8(4-7)5-11/h2-4H,6H2,1H3/q-1. The lowest BCUT2D eigenvalue weighted by Crippen LogP contribution is -1.88. The summed E-state index contributed by atoms with van der Waals surface area (Å²) in [6.45, 7) is 0.523. The first kappa shape index (κ1) is 8.69. The maximum Gasteiger partial charge on any atom is 0.140 e. The number of benzene rings is 1. The number of nitriles is 1. The summed E-state index contributed by atoms with van der Waals surface area (Å²) in [6.07, 6.45) is 0. The maximum absolute atomic E-state index is 12.8. The molecule has 0 aromatic heterocycles. The van der Waals surface area contributed by atoms with Crippen molar-refractivity contribution in [3.05, 3.63) is 40.5 Å². The van der Waals surface area contributed by atoms with Gasteiger partial charge in [-0.05, 0) is 12.1 Å². The van der Waals surface area contributed by atoms with E-state index in [-0.39, 0.29) is 5.56 Å². The summed E-state index contributed by atoms with van der Waals surface area (Å²) in [5.41, 5.74) is 0.937. The van der Waals surface area contributed by atoms with Gasteiger partial charge < -0.3 is 5.32 Å². The molecule has 0 N–H and O–H groups in total. The van der Waals surface area contributed by atoms with Gasteiger partial charge in [-0.1, -0.05) is 11.6 Å². The van der Waals surface area contributed by atoms with Crippen LogP contribution >= 0.6 is 0 Å². The van der Waals surface area contributed by atoms with E-state index in [1.54, 1.807) is 19.2 Å². The van der Waals surface area contributed by atoms with Gasteiger partial charge in [0.05, 0.1) is 5.56 Å². The van der Waals surface area contributed by atoms with E-state index in [1.165, 1.54) is 12.1 Å². The predicted molar refractivity (Wildman–Crippen MR) is 44.1 cm³/mol. The van der Waals surface area contributed by atoms with Crippen LogP contribution in [-0.4, -0.2) is 7.05 Å². The Morgan fingerprint density at radius 2 is 2.33 bits per heavy atom.